The maximum Gasteiger partial charge on any atom is 0.319 e. The number of hydrogen-bond donors (Lipinski definition) is 0. The molecule has 298 valence electrons. The Kier molecular flexibility index (Phi) is 10.3. The third-order valence-electron chi connectivity index (χ3n) is 12.9. The number of amides is 1. The van der Waals surface area contributed by atoms with Gasteiger partial charge < -0.3 is 19.3 Å². The molecule has 0 radical (unpaired) electrons. The van der Waals surface area contributed by atoms with Crippen LogP contribution in [0, 0.1) is 29.9 Å². The molecule has 10 nitrogen and oxygen atoms in total. The number of rotatable bonds is 9. The molecule has 0 spiro atoms. The number of carbonyl (C=O) groups excluding carboxylic acids is 1. The number of alkyl halides is 1. The summed E-state index contributed by atoms with van der Waals surface area (Å²) in [5.41, 5.74) is 0.336. The Hall–Kier alpha value is -4.48. The van der Waals surface area contributed by atoms with Crippen LogP contribution in [0.5, 0.6) is 6.01 Å². The molecule has 5 atom stereocenters. The number of fused-ring (bicyclic) bond motifs is 5. The van der Waals surface area contributed by atoms with Crippen LogP contribution in [0.15, 0.2) is 48.6 Å². The van der Waals surface area contributed by atoms with Gasteiger partial charge in [0.25, 0.3) is 0 Å². The van der Waals surface area contributed by atoms with Gasteiger partial charge in [0.2, 0.25) is 5.91 Å². The number of hydrogen-bond acceptors (Lipinski definition) is 9. The Morgan fingerprint density at radius 2 is 1.95 bits per heavy atom. The van der Waals surface area contributed by atoms with Gasteiger partial charge in [0.15, 0.2) is 5.82 Å². The zero-order valence-electron chi connectivity index (χ0n) is 31.9. The lowest BCUT2D eigenvalue weighted by atomic mass is 9.93. The van der Waals surface area contributed by atoms with E-state index in [4.69, 9.17) is 26.1 Å². The molecule has 57 heavy (non-hydrogen) atoms. The molecule has 1 aromatic heterocycles. The molecule has 9 rings (SSSR count). The lowest BCUT2D eigenvalue weighted by molar-refractivity contribution is -0.128. The molecule has 14 heteroatoms. The fourth-order valence-corrected chi connectivity index (χ4v) is 10.4. The van der Waals surface area contributed by atoms with Crippen molar-refractivity contribution in [2.24, 2.45) is 0 Å². The summed E-state index contributed by atoms with van der Waals surface area (Å²) in [6.45, 7) is 5.89. The maximum atomic E-state index is 17.3. The SMILES string of the molecule is Cc1c(F)ccc2cccc(-c3c(Cl)cc4c(N5CCN(C(=O)/C=C/CN6[C@@H]7CC[C@H]6COC7)[C@@H](CC#N)C5)nc(OC[C@@]56CCCN5C[C@H](F)C6)nc4c3F)c12. The molecular weight excluding hydrogens is 755 g/mol. The van der Waals surface area contributed by atoms with Crippen LogP contribution in [0.4, 0.5) is 19.0 Å². The molecule has 5 saturated heterocycles. The first-order valence-electron chi connectivity index (χ1n) is 20.0. The standard InChI is InChI=1S/C43H45ClF3N7O3/c1-26-35(46)11-8-27-5-2-6-32(37(26)27)38-34(44)19-33-40(39(38)47)49-42(57-25-43-13-4-15-52(43)21-28(45)20-43)50-41(33)51-17-18-54(29(22-51)12-14-48)36(55)7-3-16-53-30-9-10-31(53)24-56-23-30/h2-3,5-8,11,19,28-31H,4,9-10,12-13,15-18,20-25H2,1H3/b7-3+/t28-,29+,30-,31+,43+/m1/s1. The minimum absolute atomic E-state index is 0.0358. The smallest absolute Gasteiger partial charge is 0.319 e. The van der Waals surface area contributed by atoms with Crippen LogP contribution in [-0.4, -0.2) is 120 Å². The van der Waals surface area contributed by atoms with Gasteiger partial charge in [-0.05, 0) is 73.2 Å². The zero-order valence-corrected chi connectivity index (χ0v) is 32.7. The van der Waals surface area contributed by atoms with E-state index in [1.54, 1.807) is 42.2 Å². The average Bonchev–Trinajstić information content (AvgIpc) is 3.80. The van der Waals surface area contributed by atoms with E-state index in [9.17, 15) is 18.8 Å². The number of aryl methyl sites for hydroxylation is 1. The van der Waals surface area contributed by atoms with E-state index < -0.39 is 29.4 Å². The van der Waals surface area contributed by atoms with E-state index in [-0.39, 0.29) is 47.6 Å². The van der Waals surface area contributed by atoms with E-state index in [1.165, 1.54) is 6.07 Å². The number of nitriles is 1. The molecule has 6 heterocycles. The molecule has 0 aliphatic carbocycles. The zero-order chi connectivity index (χ0) is 39.4. The number of nitrogens with zero attached hydrogens (tertiary/aromatic N) is 7. The number of halogens is 4. The number of anilines is 1. The molecule has 4 aromatic rings. The monoisotopic (exact) mass is 799 g/mol. The van der Waals surface area contributed by atoms with E-state index >= 15 is 4.39 Å². The Morgan fingerprint density at radius 1 is 1.12 bits per heavy atom. The molecule has 1 amide bonds. The van der Waals surface area contributed by atoms with Gasteiger partial charge in [0.05, 0.1) is 42.3 Å². The first-order valence-corrected chi connectivity index (χ1v) is 20.3. The fourth-order valence-electron chi connectivity index (χ4n) is 10.1. The van der Waals surface area contributed by atoms with Crippen molar-refractivity contribution in [3.63, 3.8) is 0 Å². The number of benzene rings is 3. The first-order chi connectivity index (χ1) is 27.6. The van der Waals surface area contributed by atoms with Crippen LogP contribution in [0.3, 0.4) is 0 Å². The minimum atomic E-state index is -0.960. The summed E-state index contributed by atoms with van der Waals surface area (Å²) in [5.74, 6) is -0.949. The van der Waals surface area contributed by atoms with E-state index in [0.717, 1.165) is 37.6 Å². The summed E-state index contributed by atoms with van der Waals surface area (Å²) in [4.78, 5) is 31.3. The molecule has 0 N–H and O–H groups in total. The highest BCUT2D eigenvalue weighted by atomic mass is 35.5. The quantitative estimate of drug-likeness (QED) is 0.166. The van der Waals surface area contributed by atoms with Crippen molar-refractivity contribution >= 4 is 45.0 Å². The number of ether oxygens (including phenoxy) is 2. The van der Waals surface area contributed by atoms with E-state index in [0.29, 0.717) is 85.6 Å². The van der Waals surface area contributed by atoms with Gasteiger partial charge >= 0.3 is 6.01 Å². The summed E-state index contributed by atoms with van der Waals surface area (Å²) in [6, 6.07) is 12.5. The predicted molar refractivity (Wildman–Crippen MR) is 212 cm³/mol. The third kappa shape index (κ3) is 6.88. The highest BCUT2D eigenvalue weighted by Crippen LogP contribution is 2.44. The lowest BCUT2D eigenvalue weighted by Gasteiger charge is -2.41. The number of aromatic nitrogens is 2. The van der Waals surface area contributed by atoms with Gasteiger partial charge in [-0.2, -0.15) is 15.2 Å². The molecule has 0 saturated carbocycles. The Bertz CT molecular complexity index is 2290. The Balaban J connectivity index is 1.06. The third-order valence-corrected chi connectivity index (χ3v) is 13.2. The van der Waals surface area contributed by atoms with E-state index in [1.807, 2.05) is 17.0 Å². The molecule has 5 aliphatic rings. The van der Waals surface area contributed by atoms with Gasteiger partial charge in [-0.1, -0.05) is 41.9 Å². The van der Waals surface area contributed by atoms with E-state index in [2.05, 4.69) is 20.9 Å². The first kappa shape index (κ1) is 38.1. The normalized spacial score (nSPS) is 26.5. The van der Waals surface area contributed by atoms with Crippen molar-refractivity contribution in [3.8, 4) is 23.2 Å². The van der Waals surface area contributed by atoms with Crippen LogP contribution in [0.1, 0.15) is 44.1 Å². The topological polar surface area (TPSA) is 98.1 Å². The van der Waals surface area contributed by atoms with Crippen LogP contribution < -0.4 is 9.64 Å². The maximum absolute atomic E-state index is 17.3. The van der Waals surface area contributed by atoms with Crippen molar-refractivity contribution in [2.75, 3.05) is 64.0 Å². The highest BCUT2D eigenvalue weighted by Gasteiger charge is 2.49. The average molecular weight is 800 g/mol. The van der Waals surface area contributed by atoms with Crippen LogP contribution in [0.2, 0.25) is 5.02 Å². The van der Waals surface area contributed by atoms with Gasteiger partial charge in [-0.25, -0.2) is 13.2 Å². The fraction of sp³-hybridized carbons (Fsp3) is 0.488. The number of morpholine rings is 1. The summed E-state index contributed by atoms with van der Waals surface area (Å²) in [5, 5.41) is 11.6. The molecule has 5 aliphatic heterocycles. The molecule has 2 bridgehead atoms. The molecule has 0 unspecified atom stereocenters. The second kappa shape index (κ2) is 15.4. The van der Waals surface area contributed by atoms with Crippen LogP contribution in [-0.2, 0) is 9.53 Å². The highest BCUT2D eigenvalue weighted by molar-refractivity contribution is 6.35. The summed E-state index contributed by atoms with van der Waals surface area (Å²) >= 11 is 6.98. The second-order valence-electron chi connectivity index (χ2n) is 16.2. The van der Waals surface area contributed by atoms with Crippen molar-refractivity contribution in [2.45, 2.75) is 75.3 Å². The molecule has 5 fully saturated rings. The summed E-state index contributed by atoms with van der Waals surface area (Å²) in [7, 11) is 0. The second-order valence-corrected chi connectivity index (χ2v) is 16.6. The number of piperazine rings is 1. The van der Waals surface area contributed by atoms with Crippen LogP contribution in [0.25, 0.3) is 32.8 Å². The largest absolute Gasteiger partial charge is 0.461 e. The van der Waals surface area contributed by atoms with Crippen molar-refractivity contribution in [1.82, 2.24) is 24.7 Å². The van der Waals surface area contributed by atoms with Gasteiger partial charge in [-0.15, -0.1) is 0 Å². The van der Waals surface area contributed by atoms with Gasteiger partial charge in [0.1, 0.15) is 29.9 Å². The van der Waals surface area contributed by atoms with Crippen LogP contribution >= 0.6 is 11.6 Å². The summed E-state index contributed by atoms with van der Waals surface area (Å²) < 4.78 is 58.9. The minimum Gasteiger partial charge on any atom is -0.461 e. The summed E-state index contributed by atoms with van der Waals surface area (Å²) in [6.07, 6.45) is 6.86. The van der Waals surface area contributed by atoms with Crippen molar-refractivity contribution < 1.29 is 27.4 Å². The van der Waals surface area contributed by atoms with Gasteiger partial charge in [0, 0.05) is 68.3 Å². The molecule has 3 aromatic carbocycles. The number of carbonyl (C=O) groups is 1. The predicted octanol–water partition coefficient (Wildman–Crippen LogP) is 7.00. The van der Waals surface area contributed by atoms with Crippen molar-refractivity contribution in [1.29, 1.82) is 5.26 Å². The Morgan fingerprint density at radius 3 is 2.75 bits per heavy atom. The molecular formula is C43H45ClF3N7O3. The lowest BCUT2D eigenvalue weighted by Crippen LogP contribution is -2.55. The Labute approximate surface area is 334 Å². The van der Waals surface area contributed by atoms with Gasteiger partial charge in [-0.3, -0.25) is 14.6 Å². The van der Waals surface area contributed by atoms with Crippen molar-refractivity contribution in [3.05, 3.63) is 70.8 Å².